The SMILES string of the molecule is CC(=O)CCCCCCCCC(=O)NCS(=O)(=O)O. The number of amides is 1. The summed E-state index contributed by atoms with van der Waals surface area (Å²) in [4.78, 5) is 21.9. The molecule has 0 aromatic carbocycles. The smallest absolute Gasteiger partial charge is 0.283 e. The third-order valence-corrected chi connectivity index (χ3v) is 3.14. The van der Waals surface area contributed by atoms with E-state index in [1.807, 2.05) is 0 Å². The van der Waals surface area contributed by atoms with Crippen LogP contribution >= 0.6 is 0 Å². The molecule has 0 aliphatic carbocycles. The minimum Gasteiger partial charge on any atom is -0.340 e. The lowest BCUT2D eigenvalue weighted by atomic mass is 10.1. The Labute approximate surface area is 114 Å². The van der Waals surface area contributed by atoms with Gasteiger partial charge >= 0.3 is 0 Å². The third-order valence-electron chi connectivity index (χ3n) is 2.63. The van der Waals surface area contributed by atoms with Crippen LogP contribution in [-0.4, -0.2) is 30.5 Å². The lowest BCUT2D eigenvalue weighted by Crippen LogP contribution is -2.28. The molecule has 0 atom stereocenters. The number of carbonyl (C=O) groups excluding carboxylic acids is 2. The number of unbranched alkanes of at least 4 members (excludes halogenated alkanes) is 5. The Balaban J connectivity index is 3.35. The Morgan fingerprint density at radius 3 is 1.89 bits per heavy atom. The van der Waals surface area contributed by atoms with Crippen LogP contribution in [0.4, 0.5) is 0 Å². The van der Waals surface area contributed by atoms with E-state index in [2.05, 4.69) is 5.32 Å². The van der Waals surface area contributed by atoms with E-state index in [0.717, 1.165) is 32.1 Å². The van der Waals surface area contributed by atoms with Gasteiger partial charge in [0.05, 0.1) is 0 Å². The molecular formula is C12H23NO5S. The molecule has 0 bridgehead atoms. The summed E-state index contributed by atoms with van der Waals surface area (Å²) in [6.45, 7) is 1.59. The van der Waals surface area contributed by atoms with Crippen molar-refractivity contribution in [3.05, 3.63) is 0 Å². The molecule has 0 heterocycles. The highest BCUT2D eigenvalue weighted by Gasteiger charge is 2.07. The Hall–Kier alpha value is -0.950. The van der Waals surface area contributed by atoms with Crippen molar-refractivity contribution in [3.8, 4) is 0 Å². The molecule has 112 valence electrons. The molecule has 0 aromatic heterocycles. The zero-order chi connectivity index (χ0) is 14.7. The lowest BCUT2D eigenvalue weighted by Gasteiger charge is -2.03. The van der Waals surface area contributed by atoms with E-state index in [0.29, 0.717) is 12.8 Å². The lowest BCUT2D eigenvalue weighted by molar-refractivity contribution is -0.121. The van der Waals surface area contributed by atoms with Gasteiger partial charge in [0.2, 0.25) is 5.91 Å². The summed E-state index contributed by atoms with van der Waals surface area (Å²) in [5.74, 6) is -0.874. The molecule has 0 saturated carbocycles. The molecule has 0 radical (unpaired) electrons. The van der Waals surface area contributed by atoms with Gasteiger partial charge in [0.1, 0.15) is 11.7 Å². The van der Waals surface area contributed by atoms with Gasteiger partial charge in [-0.05, 0) is 19.8 Å². The molecule has 0 aliphatic rings. The number of carbonyl (C=O) groups is 2. The molecular weight excluding hydrogens is 270 g/mol. The number of Topliss-reactive ketones (excluding diaryl/α,β-unsaturated/α-hetero) is 1. The van der Waals surface area contributed by atoms with E-state index in [9.17, 15) is 18.0 Å². The van der Waals surface area contributed by atoms with Crippen LogP contribution in [0, 0.1) is 0 Å². The largest absolute Gasteiger partial charge is 0.340 e. The third kappa shape index (κ3) is 15.0. The first-order valence-corrected chi connectivity index (χ1v) is 8.13. The predicted octanol–water partition coefficient (Wildman–Crippen LogP) is 1.66. The standard InChI is InChI=1S/C12H23NO5S/c1-11(14)8-6-4-2-3-5-7-9-12(15)13-10-19(16,17)18/h2-10H2,1H3,(H,13,15)(H,16,17,18). The van der Waals surface area contributed by atoms with Crippen molar-refractivity contribution in [1.29, 1.82) is 0 Å². The monoisotopic (exact) mass is 293 g/mol. The fourth-order valence-electron chi connectivity index (χ4n) is 1.63. The van der Waals surface area contributed by atoms with Gasteiger partial charge in [-0.25, -0.2) is 0 Å². The molecule has 0 rings (SSSR count). The zero-order valence-corrected chi connectivity index (χ0v) is 12.2. The van der Waals surface area contributed by atoms with E-state index < -0.39 is 16.0 Å². The average Bonchev–Trinajstić information content (AvgIpc) is 2.28. The highest BCUT2D eigenvalue weighted by atomic mass is 32.2. The van der Waals surface area contributed by atoms with E-state index in [1.54, 1.807) is 6.92 Å². The molecule has 1 amide bonds. The second-order valence-electron chi connectivity index (χ2n) is 4.65. The second-order valence-corrected chi connectivity index (χ2v) is 6.10. The molecule has 6 nitrogen and oxygen atoms in total. The summed E-state index contributed by atoms with van der Waals surface area (Å²) >= 11 is 0. The van der Waals surface area contributed by atoms with Crippen molar-refractivity contribution in [1.82, 2.24) is 5.32 Å². The van der Waals surface area contributed by atoms with Crippen LogP contribution in [0.15, 0.2) is 0 Å². The average molecular weight is 293 g/mol. The van der Waals surface area contributed by atoms with Gasteiger partial charge in [-0.3, -0.25) is 9.35 Å². The molecule has 19 heavy (non-hydrogen) atoms. The Kier molecular flexibility index (Phi) is 9.42. The second kappa shape index (κ2) is 9.91. The normalized spacial score (nSPS) is 11.3. The quantitative estimate of drug-likeness (QED) is 0.445. The number of ketones is 1. The fourth-order valence-corrected chi connectivity index (χ4v) is 1.97. The van der Waals surface area contributed by atoms with Gasteiger partial charge in [0, 0.05) is 12.8 Å². The van der Waals surface area contributed by atoms with E-state index in [1.165, 1.54) is 0 Å². The van der Waals surface area contributed by atoms with Gasteiger partial charge in [-0.15, -0.1) is 0 Å². The van der Waals surface area contributed by atoms with Crippen LogP contribution in [0.1, 0.15) is 58.3 Å². The minimum atomic E-state index is -4.13. The van der Waals surface area contributed by atoms with E-state index in [4.69, 9.17) is 4.55 Å². The summed E-state index contributed by atoms with van der Waals surface area (Å²) in [5, 5.41) is 2.13. The maximum absolute atomic E-state index is 11.2. The number of rotatable bonds is 11. The van der Waals surface area contributed by atoms with Gasteiger partial charge in [0.15, 0.2) is 0 Å². The summed E-state index contributed by atoms with van der Waals surface area (Å²) < 4.78 is 29.2. The number of hydrogen-bond acceptors (Lipinski definition) is 4. The first-order valence-electron chi connectivity index (χ1n) is 6.52. The summed E-state index contributed by atoms with van der Waals surface area (Å²) in [5.41, 5.74) is 0. The first-order chi connectivity index (χ1) is 8.81. The summed E-state index contributed by atoms with van der Waals surface area (Å²) in [6, 6.07) is 0. The van der Waals surface area contributed by atoms with Crippen LogP contribution in [-0.2, 0) is 19.7 Å². The molecule has 7 heteroatoms. The Bertz CT molecular complexity index is 378. The maximum Gasteiger partial charge on any atom is 0.283 e. The summed E-state index contributed by atoms with van der Waals surface area (Å²) in [7, 11) is -4.13. The van der Waals surface area contributed by atoms with Crippen molar-refractivity contribution in [2.45, 2.75) is 58.3 Å². The van der Waals surface area contributed by atoms with Crippen molar-refractivity contribution < 1.29 is 22.6 Å². The molecule has 0 fully saturated rings. The molecule has 0 unspecified atom stereocenters. The summed E-state index contributed by atoms with van der Waals surface area (Å²) in [6.07, 6.45) is 6.49. The van der Waals surface area contributed by atoms with Gasteiger partial charge in [-0.1, -0.05) is 25.7 Å². The van der Waals surface area contributed by atoms with Crippen molar-refractivity contribution in [2.75, 3.05) is 5.88 Å². The molecule has 0 saturated heterocycles. The van der Waals surface area contributed by atoms with Crippen molar-refractivity contribution in [2.24, 2.45) is 0 Å². The molecule has 0 aliphatic heterocycles. The maximum atomic E-state index is 11.2. The van der Waals surface area contributed by atoms with Crippen LogP contribution in [0.25, 0.3) is 0 Å². The highest BCUT2D eigenvalue weighted by Crippen LogP contribution is 2.08. The zero-order valence-electron chi connectivity index (χ0n) is 11.4. The van der Waals surface area contributed by atoms with E-state index in [-0.39, 0.29) is 18.1 Å². The fraction of sp³-hybridized carbons (Fsp3) is 0.833. The first kappa shape index (κ1) is 18.0. The van der Waals surface area contributed by atoms with Crippen LogP contribution in [0.2, 0.25) is 0 Å². The Morgan fingerprint density at radius 2 is 1.42 bits per heavy atom. The minimum absolute atomic E-state index is 0.218. The molecule has 2 N–H and O–H groups in total. The molecule has 0 aromatic rings. The van der Waals surface area contributed by atoms with Crippen LogP contribution < -0.4 is 5.32 Å². The van der Waals surface area contributed by atoms with Gasteiger partial charge in [0.25, 0.3) is 10.1 Å². The number of nitrogens with one attached hydrogen (secondary N) is 1. The van der Waals surface area contributed by atoms with Crippen molar-refractivity contribution >= 4 is 21.8 Å². The number of hydrogen-bond donors (Lipinski definition) is 2. The van der Waals surface area contributed by atoms with E-state index >= 15 is 0 Å². The van der Waals surface area contributed by atoms with Crippen LogP contribution in [0.3, 0.4) is 0 Å². The Morgan fingerprint density at radius 1 is 0.947 bits per heavy atom. The van der Waals surface area contributed by atoms with Crippen LogP contribution in [0.5, 0.6) is 0 Å². The predicted molar refractivity (Wildman–Crippen MR) is 72.2 cm³/mol. The van der Waals surface area contributed by atoms with Gasteiger partial charge in [-0.2, -0.15) is 8.42 Å². The highest BCUT2D eigenvalue weighted by molar-refractivity contribution is 7.85. The topological polar surface area (TPSA) is 101 Å². The van der Waals surface area contributed by atoms with Crippen molar-refractivity contribution in [3.63, 3.8) is 0 Å². The van der Waals surface area contributed by atoms with Gasteiger partial charge < -0.3 is 10.1 Å². The molecule has 0 spiro atoms.